The Bertz CT molecular complexity index is 137. The molecule has 66 valence electrons. The Morgan fingerprint density at radius 3 is 1.91 bits per heavy atom. The maximum Gasteiger partial charge on any atom is 0.184 e. The Balaban J connectivity index is 2.59. The Morgan fingerprint density at radius 1 is 1.18 bits per heavy atom. The van der Waals surface area contributed by atoms with E-state index in [9.17, 15) is 0 Å². The Morgan fingerprint density at radius 2 is 1.73 bits per heavy atom. The van der Waals surface area contributed by atoms with Crippen molar-refractivity contribution in [2.24, 2.45) is 0 Å². The van der Waals surface area contributed by atoms with Gasteiger partial charge in [0.1, 0.15) is 18.3 Å². The fraction of sp³-hybridized carbons (Fsp3) is 1.00. The highest BCUT2D eigenvalue weighted by atomic mass is 16.6. The summed E-state index contributed by atoms with van der Waals surface area (Å²) in [6.07, 6.45) is -5.75. The number of hydrogen-bond donors (Lipinski definition) is 4. The minimum absolute atomic E-state index is 0.903. The molecule has 0 aromatic carbocycles. The standard InChI is InChI=1S/C6H12O5/c1-2(7)5-3(8)4(9)6(10)11-5/h2-10H,1H3/t2?,3-,4-,5+,6?/m1/s1. The second-order valence-corrected chi connectivity index (χ2v) is 2.71. The molecule has 0 amide bonds. The van der Waals surface area contributed by atoms with Crippen LogP contribution in [-0.2, 0) is 4.74 Å². The molecule has 1 aliphatic heterocycles. The summed E-state index contributed by atoms with van der Waals surface area (Å²) < 4.78 is 4.65. The third-order valence-corrected chi connectivity index (χ3v) is 1.75. The summed E-state index contributed by atoms with van der Waals surface area (Å²) >= 11 is 0. The van der Waals surface area contributed by atoms with Gasteiger partial charge in [0.05, 0.1) is 6.10 Å². The zero-order valence-electron chi connectivity index (χ0n) is 6.08. The van der Waals surface area contributed by atoms with Crippen molar-refractivity contribution in [3.8, 4) is 0 Å². The average molecular weight is 164 g/mol. The Labute approximate surface area is 63.8 Å². The smallest absolute Gasteiger partial charge is 0.184 e. The van der Waals surface area contributed by atoms with Gasteiger partial charge in [-0.2, -0.15) is 0 Å². The molecule has 0 bridgehead atoms. The lowest BCUT2D eigenvalue weighted by Gasteiger charge is -2.16. The second-order valence-electron chi connectivity index (χ2n) is 2.71. The van der Waals surface area contributed by atoms with Crippen LogP contribution in [0.3, 0.4) is 0 Å². The fourth-order valence-corrected chi connectivity index (χ4v) is 1.08. The van der Waals surface area contributed by atoms with Crippen LogP contribution in [0, 0.1) is 0 Å². The van der Waals surface area contributed by atoms with E-state index in [2.05, 4.69) is 4.74 Å². The molecule has 11 heavy (non-hydrogen) atoms. The monoisotopic (exact) mass is 164 g/mol. The second kappa shape index (κ2) is 3.04. The molecule has 1 heterocycles. The molecule has 1 aliphatic rings. The number of hydrogen-bond acceptors (Lipinski definition) is 5. The van der Waals surface area contributed by atoms with E-state index in [1.165, 1.54) is 6.92 Å². The van der Waals surface area contributed by atoms with Gasteiger partial charge in [0.25, 0.3) is 0 Å². The third-order valence-electron chi connectivity index (χ3n) is 1.75. The highest BCUT2D eigenvalue weighted by Crippen LogP contribution is 2.21. The molecule has 1 rings (SSSR count). The van der Waals surface area contributed by atoms with Crippen molar-refractivity contribution < 1.29 is 25.2 Å². The predicted octanol–water partition coefficient (Wildman–Crippen LogP) is -2.19. The van der Waals surface area contributed by atoms with Gasteiger partial charge >= 0.3 is 0 Å². The van der Waals surface area contributed by atoms with Crippen molar-refractivity contribution in [1.82, 2.24) is 0 Å². The van der Waals surface area contributed by atoms with Crippen molar-refractivity contribution in [2.45, 2.75) is 37.6 Å². The van der Waals surface area contributed by atoms with Crippen molar-refractivity contribution in [3.63, 3.8) is 0 Å². The number of rotatable bonds is 1. The summed E-state index contributed by atoms with van der Waals surface area (Å²) in [5.41, 5.74) is 0. The summed E-state index contributed by atoms with van der Waals surface area (Å²) in [7, 11) is 0. The van der Waals surface area contributed by atoms with Crippen molar-refractivity contribution in [3.05, 3.63) is 0 Å². The van der Waals surface area contributed by atoms with E-state index in [-0.39, 0.29) is 0 Å². The number of ether oxygens (including phenoxy) is 1. The van der Waals surface area contributed by atoms with Crippen molar-refractivity contribution in [1.29, 1.82) is 0 Å². The molecular formula is C6H12O5. The summed E-state index contributed by atoms with van der Waals surface area (Å²) in [5, 5.41) is 35.8. The molecule has 1 saturated heterocycles. The average Bonchev–Trinajstić information content (AvgIpc) is 2.17. The largest absolute Gasteiger partial charge is 0.391 e. The molecule has 0 spiro atoms. The van der Waals surface area contributed by atoms with Gasteiger partial charge in [-0.05, 0) is 6.92 Å². The van der Waals surface area contributed by atoms with Crippen LogP contribution in [0.1, 0.15) is 6.92 Å². The van der Waals surface area contributed by atoms with Crippen LogP contribution in [0.2, 0.25) is 0 Å². The SMILES string of the molecule is CC(O)[C@@H]1OC(O)[C@H](O)[C@H]1O. The molecule has 0 aromatic heterocycles. The molecule has 2 unspecified atom stereocenters. The molecule has 0 aromatic rings. The number of aliphatic hydroxyl groups excluding tert-OH is 4. The molecule has 5 atom stereocenters. The molecule has 5 nitrogen and oxygen atoms in total. The molecule has 0 aliphatic carbocycles. The van der Waals surface area contributed by atoms with Crippen molar-refractivity contribution >= 4 is 0 Å². The Hall–Kier alpha value is -0.200. The first kappa shape index (κ1) is 8.89. The zero-order chi connectivity index (χ0) is 8.59. The molecule has 1 fully saturated rings. The molecular weight excluding hydrogens is 152 g/mol. The van der Waals surface area contributed by atoms with Gasteiger partial charge in [-0.3, -0.25) is 0 Å². The van der Waals surface area contributed by atoms with Crippen LogP contribution in [0.25, 0.3) is 0 Å². The van der Waals surface area contributed by atoms with Crippen LogP contribution in [0.5, 0.6) is 0 Å². The van der Waals surface area contributed by atoms with Crippen LogP contribution >= 0.6 is 0 Å². The van der Waals surface area contributed by atoms with Gasteiger partial charge in [-0.25, -0.2) is 0 Å². The van der Waals surface area contributed by atoms with Gasteiger partial charge in [0.15, 0.2) is 6.29 Å². The topological polar surface area (TPSA) is 90.2 Å². The highest BCUT2D eigenvalue weighted by Gasteiger charge is 2.43. The van der Waals surface area contributed by atoms with Gasteiger partial charge < -0.3 is 25.2 Å². The van der Waals surface area contributed by atoms with E-state index in [4.69, 9.17) is 20.4 Å². The van der Waals surface area contributed by atoms with Crippen LogP contribution in [0.4, 0.5) is 0 Å². The highest BCUT2D eigenvalue weighted by molar-refractivity contribution is 4.88. The van der Waals surface area contributed by atoms with E-state index in [1.54, 1.807) is 0 Å². The minimum Gasteiger partial charge on any atom is -0.391 e. The molecule has 0 radical (unpaired) electrons. The maximum absolute atomic E-state index is 9.10. The first-order valence-electron chi connectivity index (χ1n) is 3.41. The van der Waals surface area contributed by atoms with Crippen LogP contribution in [-0.4, -0.2) is 51.1 Å². The molecule has 4 N–H and O–H groups in total. The number of aliphatic hydroxyl groups is 4. The van der Waals surface area contributed by atoms with Crippen LogP contribution < -0.4 is 0 Å². The molecule has 0 saturated carbocycles. The van der Waals surface area contributed by atoms with Gasteiger partial charge in [0.2, 0.25) is 0 Å². The minimum atomic E-state index is -1.40. The van der Waals surface area contributed by atoms with E-state index in [0.29, 0.717) is 0 Å². The lowest BCUT2D eigenvalue weighted by Crippen LogP contribution is -2.37. The first-order valence-corrected chi connectivity index (χ1v) is 3.41. The molecule has 5 heteroatoms. The summed E-state index contributed by atoms with van der Waals surface area (Å²) in [6, 6.07) is 0. The van der Waals surface area contributed by atoms with E-state index in [0.717, 1.165) is 0 Å². The summed E-state index contributed by atoms with van der Waals surface area (Å²) in [6.45, 7) is 1.42. The van der Waals surface area contributed by atoms with Gasteiger partial charge in [-0.1, -0.05) is 0 Å². The van der Waals surface area contributed by atoms with Gasteiger partial charge in [0, 0.05) is 0 Å². The van der Waals surface area contributed by atoms with E-state index >= 15 is 0 Å². The summed E-state index contributed by atoms with van der Waals surface area (Å²) in [4.78, 5) is 0. The predicted molar refractivity (Wildman–Crippen MR) is 34.6 cm³/mol. The van der Waals surface area contributed by atoms with E-state index in [1.807, 2.05) is 0 Å². The van der Waals surface area contributed by atoms with Crippen LogP contribution in [0.15, 0.2) is 0 Å². The fourth-order valence-electron chi connectivity index (χ4n) is 1.08. The quantitative estimate of drug-likeness (QED) is 0.353. The first-order chi connectivity index (χ1) is 5.04. The third kappa shape index (κ3) is 1.52. The normalized spacial score (nSPS) is 47.7. The van der Waals surface area contributed by atoms with Gasteiger partial charge in [-0.15, -0.1) is 0 Å². The lowest BCUT2D eigenvalue weighted by atomic mass is 10.1. The summed E-state index contributed by atoms with van der Waals surface area (Å²) in [5.74, 6) is 0. The van der Waals surface area contributed by atoms with Crippen molar-refractivity contribution in [2.75, 3.05) is 0 Å². The van der Waals surface area contributed by atoms with E-state index < -0.39 is 30.7 Å². The zero-order valence-corrected chi connectivity index (χ0v) is 6.08. The lowest BCUT2D eigenvalue weighted by molar-refractivity contribution is -0.143. The maximum atomic E-state index is 9.10. The Kier molecular flexibility index (Phi) is 2.46.